The fourth-order valence-electron chi connectivity index (χ4n) is 2.00. The predicted molar refractivity (Wildman–Crippen MR) is 86.8 cm³/mol. The summed E-state index contributed by atoms with van der Waals surface area (Å²) in [6.45, 7) is 1.65. The molecule has 2 aromatic carbocycles. The molecule has 0 aliphatic heterocycles. The first kappa shape index (κ1) is 16.4. The Morgan fingerprint density at radius 3 is 2.48 bits per heavy atom. The van der Waals surface area contributed by atoms with Gasteiger partial charge in [-0.3, -0.25) is 4.79 Å². The van der Waals surface area contributed by atoms with E-state index in [1.54, 1.807) is 38.3 Å². The zero-order valence-electron chi connectivity index (χ0n) is 12.9. The van der Waals surface area contributed by atoms with E-state index in [9.17, 15) is 15.0 Å². The Kier molecular flexibility index (Phi) is 5.19. The molecule has 0 radical (unpaired) electrons. The van der Waals surface area contributed by atoms with Crippen molar-refractivity contribution in [2.24, 2.45) is 5.10 Å². The van der Waals surface area contributed by atoms with Crippen molar-refractivity contribution >= 4 is 11.6 Å². The molecule has 0 unspecified atom stereocenters. The molecule has 0 aliphatic carbocycles. The molecule has 0 spiro atoms. The molecule has 0 fully saturated rings. The van der Waals surface area contributed by atoms with Gasteiger partial charge >= 0.3 is 0 Å². The third-order valence-corrected chi connectivity index (χ3v) is 3.24. The van der Waals surface area contributed by atoms with E-state index in [1.807, 2.05) is 0 Å². The minimum absolute atomic E-state index is 0.0393. The van der Waals surface area contributed by atoms with Crippen LogP contribution in [0.15, 0.2) is 47.6 Å². The smallest absolute Gasteiger partial charge is 0.244 e. The van der Waals surface area contributed by atoms with Crippen molar-refractivity contribution in [3.63, 3.8) is 0 Å². The van der Waals surface area contributed by atoms with Crippen molar-refractivity contribution in [1.82, 2.24) is 5.43 Å². The first-order valence-electron chi connectivity index (χ1n) is 6.98. The zero-order valence-corrected chi connectivity index (χ0v) is 12.9. The van der Waals surface area contributed by atoms with E-state index in [1.165, 1.54) is 18.2 Å². The zero-order chi connectivity index (χ0) is 16.8. The number of carbonyl (C=O) groups is 1. The van der Waals surface area contributed by atoms with Gasteiger partial charge in [0.15, 0.2) is 0 Å². The number of methoxy groups -OCH3 is 1. The average molecular weight is 314 g/mol. The molecule has 0 atom stereocenters. The third-order valence-electron chi connectivity index (χ3n) is 3.24. The molecule has 0 heterocycles. The van der Waals surface area contributed by atoms with Crippen LogP contribution >= 0.6 is 0 Å². The maximum absolute atomic E-state index is 11.9. The first-order valence-corrected chi connectivity index (χ1v) is 6.98. The fourth-order valence-corrected chi connectivity index (χ4v) is 2.00. The van der Waals surface area contributed by atoms with Crippen LogP contribution in [0.25, 0.3) is 0 Å². The van der Waals surface area contributed by atoms with Crippen LogP contribution < -0.4 is 10.2 Å². The van der Waals surface area contributed by atoms with Crippen molar-refractivity contribution in [1.29, 1.82) is 0 Å². The number of amides is 1. The molecule has 0 saturated heterocycles. The molecule has 3 N–H and O–H groups in total. The fraction of sp³-hybridized carbons (Fsp3) is 0.176. The number of hydrogen-bond acceptors (Lipinski definition) is 5. The van der Waals surface area contributed by atoms with E-state index in [4.69, 9.17) is 4.74 Å². The molecular weight excluding hydrogens is 296 g/mol. The third kappa shape index (κ3) is 4.47. The van der Waals surface area contributed by atoms with Gasteiger partial charge in [-0.2, -0.15) is 5.10 Å². The van der Waals surface area contributed by atoms with Crippen molar-refractivity contribution in [2.75, 3.05) is 7.11 Å². The highest BCUT2D eigenvalue weighted by Gasteiger charge is 2.07. The van der Waals surface area contributed by atoms with Crippen LogP contribution in [0.2, 0.25) is 0 Å². The maximum Gasteiger partial charge on any atom is 0.244 e. The quantitative estimate of drug-likeness (QED) is 0.583. The second-order valence-electron chi connectivity index (χ2n) is 4.96. The molecule has 0 aromatic heterocycles. The van der Waals surface area contributed by atoms with Crippen molar-refractivity contribution < 1.29 is 19.7 Å². The Hall–Kier alpha value is -3.02. The summed E-state index contributed by atoms with van der Waals surface area (Å²) in [5.74, 6) is 0.317. The molecule has 2 rings (SSSR count). The van der Waals surface area contributed by atoms with Crippen LogP contribution in [0.1, 0.15) is 18.1 Å². The monoisotopic (exact) mass is 314 g/mol. The van der Waals surface area contributed by atoms with Gasteiger partial charge < -0.3 is 14.9 Å². The van der Waals surface area contributed by atoms with E-state index in [0.29, 0.717) is 11.3 Å². The molecule has 6 nitrogen and oxygen atoms in total. The highest BCUT2D eigenvalue weighted by molar-refractivity contribution is 6.01. The number of nitrogens with zero attached hydrogens (tertiary/aromatic N) is 1. The Bertz CT molecular complexity index is 724. The summed E-state index contributed by atoms with van der Waals surface area (Å²) in [5.41, 5.74) is 4.15. The highest BCUT2D eigenvalue weighted by atomic mass is 16.5. The second kappa shape index (κ2) is 7.31. The summed E-state index contributed by atoms with van der Waals surface area (Å²) >= 11 is 0. The minimum atomic E-state index is -0.271. The van der Waals surface area contributed by atoms with Crippen LogP contribution in [0.4, 0.5) is 0 Å². The second-order valence-corrected chi connectivity index (χ2v) is 4.96. The number of ether oxygens (including phenoxy) is 1. The van der Waals surface area contributed by atoms with E-state index in [2.05, 4.69) is 10.5 Å². The maximum atomic E-state index is 11.9. The number of hydrazone groups is 1. The summed E-state index contributed by atoms with van der Waals surface area (Å²) in [4.78, 5) is 11.9. The molecule has 1 amide bonds. The Morgan fingerprint density at radius 1 is 1.17 bits per heavy atom. The summed E-state index contributed by atoms with van der Waals surface area (Å²) < 4.78 is 5.06. The number of rotatable bonds is 5. The Balaban J connectivity index is 1.99. The lowest BCUT2D eigenvalue weighted by Crippen LogP contribution is -2.21. The van der Waals surface area contributed by atoms with Crippen LogP contribution in [0.3, 0.4) is 0 Å². The molecule has 0 aliphatic rings. The average Bonchev–Trinajstić information content (AvgIpc) is 2.53. The SMILES string of the molecule is COc1ccc(CC(=O)N/N=C(/C)c2ccc(O)cc2O)cc1. The van der Waals surface area contributed by atoms with Crippen molar-refractivity contribution in [3.8, 4) is 17.2 Å². The normalized spacial score (nSPS) is 11.1. The summed E-state index contributed by atoms with van der Waals surface area (Å²) in [6.07, 6.45) is 0.183. The number of phenols is 2. The lowest BCUT2D eigenvalue weighted by Gasteiger charge is -2.06. The van der Waals surface area contributed by atoms with Crippen LogP contribution in [0.5, 0.6) is 17.2 Å². The predicted octanol–water partition coefficient (Wildman–Crippen LogP) is 2.19. The molecule has 0 bridgehead atoms. The van der Waals surface area contributed by atoms with Gasteiger partial charge in [-0.05, 0) is 36.8 Å². The van der Waals surface area contributed by atoms with Crippen molar-refractivity contribution in [2.45, 2.75) is 13.3 Å². The number of aromatic hydroxyl groups is 2. The van der Waals surface area contributed by atoms with E-state index < -0.39 is 0 Å². The van der Waals surface area contributed by atoms with E-state index in [0.717, 1.165) is 11.3 Å². The summed E-state index contributed by atoms with van der Waals surface area (Å²) in [7, 11) is 1.58. The molecule has 0 saturated carbocycles. The lowest BCUT2D eigenvalue weighted by molar-refractivity contribution is -0.120. The van der Waals surface area contributed by atoms with E-state index in [-0.39, 0.29) is 23.8 Å². The van der Waals surface area contributed by atoms with E-state index >= 15 is 0 Å². The number of carbonyl (C=O) groups excluding carboxylic acids is 1. The number of nitrogens with one attached hydrogen (secondary N) is 1. The molecule has 23 heavy (non-hydrogen) atoms. The molecule has 6 heteroatoms. The van der Waals surface area contributed by atoms with Gasteiger partial charge in [0.2, 0.25) is 5.91 Å². The standard InChI is InChI=1S/C17H18N2O4/c1-11(15-8-5-13(20)10-16(15)21)18-19-17(22)9-12-3-6-14(23-2)7-4-12/h3-8,10,20-21H,9H2,1-2H3,(H,19,22)/b18-11-. The summed E-state index contributed by atoms with van der Waals surface area (Å²) in [5, 5.41) is 23.0. The number of phenolic OH excluding ortho intramolecular Hbond substituents is 2. The number of hydrogen-bond donors (Lipinski definition) is 3. The van der Waals surface area contributed by atoms with Crippen molar-refractivity contribution in [3.05, 3.63) is 53.6 Å². The summed E-state index contributed by atoms with van der Waals surface area (Å²) in [6, 6.07) is 11.4. The van der Waals surface area contributed by atoms with Gasteiger partial charge in [0.25, 0.3) is 0 Å². The largest absolute Gasteiger partial charge is 0.508 e. The van der Waals surface area contributed by atoms with Crippen LogP contribution in [-0.4, -0.2) is 28.9 Å². The molecule has 2 aromatic rings. The van der Waals surface area contributed by atoms with Gasteiger partial charge in [-0.15, -0.1) is 0 Å². The van der Waals surface area contributed by atoms with Gasteiger partial charge in [-0.1, -0.05) is 12.1 Å². The van der Waals surface area contributed by atoms with Gasteiger partial charge in [0, 0.05) is 11.6 Å². The molecular formula is C17H18N2O4. The molecule has 120 valence electrons. The topological polar surface area (TPSA) is 91.2 Å². The Labute approximate surface area is 134 Å². The van der Waals surface area contributed by atoms with Gasteiger partial charge in [-0.25, -0.2) is 5.43 Å². The van der Waals surface area contributed by atoms with Gasteiger partial charge in [0.05, 0.1) is 19.2 Å². The first-order chi connectivity index (χ1) is 11.0. The minimum Gasteiger partial charge on any atom is -0.508 e. The van der Waals surface area contributed by atoms with Gasteiger partial charge in [0.1, 0.15) is 17.2 Å². The highest BCUT2D eigenvalue weighted by Crippen LogP contribution is 2.22. The Morgan fingerprint density at radius 2 is 1.87 bits per heavy atom. The lowest BCUT2D eigenvalue weighted by atomic mass is 10.1. The number of benzene rings is 2. The van der Waals surface area contributed by atoms with Crippen LogP contribution in [0, 0.1) is 0 Å². The van der Waals surface area contributed by atoms with Crippen LogP contribution in [-0.2, 0) is 11.2 Å².